The summed E-state index contributed by atoms with van der Waals surface area (Å²) in [5, 5.41) is 5.25. The van der Waals surface area contributed by atoms with Crippen molar-refractivity contribution in [3.05, 3.63) is 44.8 Å². The van der Waals surface area contributed by atoms with E-state index in [1.807, 2.05) is 20.8 Å². The predicted octanol–water partition coefficient (Wildman–Crippen LogP) is 4.45. The van der Waals surface area contributed by atoms with E-state index in [0.29, 0.717) is 46.7 Å². The smallest absolute Gasteiger partial charge is 0.410 e. The largest absolute Gasteiger partial charge is 0.444 e. The van der Waals surface area contributed by atoms with E-state index in [2.05, 4.69) is 15.1 Å². The average Bonchev–Trinajstić information content (AvgIpc) is 3.36. The third kappa shape index (κ3) is 5.09. The van der Waals surface area contributed by atoms with Gasteiger partial charge in [-0.3, -0.25) is 14.5 Å². The van der Waals surface area contributed by atoms with E-state index < -0.39 is 5.60 Å². The number of nitrogens with one attached hydrogen (secondary N) is 1. The van der Waals surface area contributed by atoms with Gasteiger partial charge in [0.15, 0.2) is 5.52 Å². The lowest BCUT2D eigenvalue weighted by Crippen LogP contribution is -2.35. The Balaban J connectivity index is 1.51. The number of halogens is 2. The van der Waals surface area contributed by atoms with Gasteiger partial charge in [0.25, 0.3) is 5.56 Å². The average molecular weight is 493 g/mol. The van der Waals surface area contributed by atoms with Crippen LogP contribution in [0.15, 0.2) is 29.2 Å². The molecule has 0 saturated carbocycles. The number of fused-ring (bicyclic) bond motifs is 1. The molecule has 1 aromatic carbocycles. The summed E-state index contributed by atoms with van der Waals surface area (Å²) >= 11 is 12.1. The van der Waals surface area contributed by atoms with Gasteiger partial charge in [0.2, 0.25) is 5.95 Å². The fourth-order valence-electron chi connectivity index (χ4n) is 3.83. The van der Waals surface area contributed by atoms with E-state index in [1.54, 1.807) is 45.9 Å². The second kappa shape index (κ2) is 8.87. The minimum atomic E-state index is -0.533. The number of nitrogens with zero attached hydrogens (tertiary/aromatic N) is 5. The van der Waals surface area contributed by atoms with Crippen molar-refractivity contribution in [2.24, 2.45) is 5.92 Å². The maximum absolute atomic E-state index is 12.9. The highest BCUT2D eigenvalue weighted by atomic mass is 35.5. The standard InChI is InChI=1S/C22H26Cl2N6O3/c1-22(2,3)33-21(32)29-8-7-13(11-29)12-30-18-17(10-25-30)26-20(27-19(18)31)28(4)14-5-6-15(23)16(24)9-14/h5-6,9-10,13H,7-8,11-12H2,1-4H3,(H,26,27,31). The van der Waals surface area contributed by atoms with Crippen molar-refractivity contribution in [1.29, 1.82) is 0 Å². The number of likely N-dealkylation sites (tertiary alicyclic amines) is 1. The summed E-state index contributed by atoms with van der Waals surface area (Å²) in [5.74, 6) is 0.529. The molecular formula is C22H26Cl2N6O3. The molecule has 1 unspecified atom stereocenters. The van der Waals surface area contributed by atoms with Gasteiger partial charge in [0, 0.05) is 32.4 Å². The highest BCUT2D eigenvalue weighted by Crippen LogP contribution is 2.29. The van der Waals surface area contributed by atoms with E-state index in [4.69, 9.17) is 27.9 Å². The van der Waals surface area contributed by atoms with Gasteiger partial charge >= 0.3 is 6.09 Å². The molecule has 2 aromatic heterocycles. The number of amides is 1. The van der Waals surface area contributed by atoms with Crippen molar-refractivity contribution < 1.29 is 9.53 Å². The molecule has 0 bridgehead atoms. The Labute approximate surface area is 201 Å². The molecule has 1 N–H and O–H groups in total. The monoisotopic (exact) mass is 492 g/mol. The van der Waals surface area contributed by atoms with Crippen molar-refractivity contribution in [3.8, 4) is 0 Å². The molecule has 1 amide bonds. The summed E-state index contributed by atoms with van der Waals surface area (Å²) in [5.41, 5.74) is 0.794. The highest BCUT2D eigenvalue weighted by molar-refractivity contribution is 6.42. The first-order chi connectivity index (χ1) is 15.5. The van der Waals surface area contributed by atoms with Crippen LogP contribution in [0.25, 0.3) is 11.0 Å². The molecule has 1 fully saturated rings. The third-order valence-electron chi connectivity index (χ3n) is 5.46. The number of aromatic amines is 1. The number of aromatic nitrogens is 4. The van der Waals surface area contributed by atoms with Gasteiger partial charge < -0.3 is 14.5 Å². The number of anilines is 2. The molecule has 9 nitrogen and oxygen atoms in total. The summed E-state index contributed by atoms with van der Waals surface area (Å²) in [6, 6.07) is 5.18. The molecule has 3 heterocycles. The number of H-pyrrole nitrogens is 1. The molecule has 11 heteroatoms. The number of carbonyl (C=O) groups is 1. The van der Waals surface area contributed by atoms with Crippen LogP contribution >= 0.6 is 23.2 Å². The van der Waals surface area contributed by atoms with E-state index in [1.165, 1.54) is 0 Å². The summed E-state index contributed by atoms with van der Waals surface area (Å²) in [4.78, 5) is 36.1. The lowest BCUT2D eigenvalue weighted by atomic mass is 10.1. The second-order valence-corrected chi connectivity index (χ2v) is 10.0. The SMILES string of the molecule is CN(c1ccc(Cl)c(Cl)c1)c1nc2cnn(CC3CCN(C(=O)OC(C)(C)C)C3)c2c(=O)[nH]1. The van der Waals surface area contributed by atoms with Crippen LogP contribution in [0.1, 0.15) is 27.2 Å². The van der Waals surface area contributed by atoms with Gasteiger partial charge in [-0.1, -0.05) is 23.2 Å². The first-order valence-corrected chi connectivity index (χ1v) is 11.4. The van der Waals surface area contributed by atoms with Crippen LogP contribution in [0.4, 0.5) is 16.4 Å². The zero-order valence-electron chi connectivity index (χ0n) is 18.9. The molecule has 0 radical (unpaired) electrons. The Hall–Kier alpha value is -2.78. The van der Waals surface area contributed by atoms with E-state index in [9.17, 15) is 9.59 Å². The van der Waals surface area contributed by atoms with Gasteiger partial charge in [0.05, 0.1) is 16.2 Å². The summed E-state index contributed by atoms with van der Waals surface area (Å²) < 4.78 is 7.12. The molecule has 4 rings (SSSR count). The number of carbonyl (C=O) groups excluding carboxylic acids is 1. The van der Waals surface area contributed by atoms with Gasteiger partial charge in [-0.25, -0.2) is 9.78 Å². The number of rotatable bonds is 4. The Morgan fingerprint density at radius 3 is 2.76 bits per heavy atom. The van der Waals surface area contributed by atoms with Crippen molar-refractivity contribution in [3.63, 3.8) is 0 Å². The quantitative estimate of drug-likeness (QED) is 0.577. The first-order valence-electron chi connectivity index (χ1n) is 10.6. The van der Waals surface area contributed by atoms with Crippen molar-refractivity contribution in [1.82, 2.24) is 24.6 Å². The molecule has 1 atom stereocenters. The van der Waals surface area contributed by atoms with Crippen molar-refractivity contribution in [2.75, 3.05) is 25.0 Å². The van der Waals surface area contributed by atoms with Gasteiger partial charge in [-0.15, -0.1) is 0 Å². The topological polar surface area (TPSA) is 96.3 Å². The van der Waals surface area contributed by atoms with Crippen molar-refractivity contribution >= 4 is 52.0 Å². The molecule has 0 aliphatic carbocycles. The molecule has 1 aliphatic heterocycles. The minimum absolute atomic E-state index is 0.165. The van der Waals surface area contributed by atoms with Crippen LogP contribution in [-0.2, 0) is 11.3 Å². The summed E-state index contributed by atoms with van der Waals surface area (Å²) in [7, 11) is 1.78. The van der Waals surface area contributed by atoms with Crippen LogP contribution in [0.2, 0.25) is 10.0 Å². The maximum Gasteiger partial charge on any atom is 0.410 e. The normalized spacial score (nSPS) is 16.4. The number of hydrogen-bond acceptors (Lipinski definition) is 6. The molecule has 33 heavy (non-hydrogen) atoms. The summed E-state index contributed by atoms with van der Waals surface area (Å²) in [6.45, 7) is 7.23. The van der Waals surface area contributed by atoms with Crippen molar-refractivity contribution in [2.45, 2.75) is 39.3 Å². The Bertz CT molecular complexity index is 1250. The first kappa shape index (κ1) is 23.4. The zero-order valence-corrected chi connectivity index (χ0v) is 20.4. The lowest BCUT2D eigenvalue weighted by Gasteiger charge is -2.24. The van der Waals surface area contributed by atoms with Crippen LogP contribution < -0.4 is 10.5 Å². The van der Waals surface area contributed by atoms with Crippen LogP contribution in [0.5, 0.6) is 0 Å². The Kier molecular flexibility index (Phi) is 6.28. The number of hydrogen-bond donors (Lipinski definition) is 1. The molecule has 0 spiro atoms. The Morgan fingerprint density at radius 2 is 2.06 bits per heavy atom. The minimum Gasteiger partial charge on any atom is -0.444 e. The number of benzene rings is 1. The van der Waals surface area contributed by atoms with E-state index in [0.717, 1.165) is 12.1 Å². The molecular weight excluding hydrogens is 467 g/mol. The second-order valence-electron chi connectivity index (χ2n) is 9.19. The fraction of sp³-hybridized carbons (Fsp3) is 0.455. The van der Waals surface area contributed by atoms with Crippen LogP contribution in [0, 0.1) is 5.92 Å². The fourth-order valence-corrected chi connectivity index (χ4v) is 4.12. The van der Waals surface area contributed by atoms with Crippen LogP contribution in [0.3, 0.4) is 0 Å². The third-order valence-corrected chi connectivity index (χ3v) is 6.20. The van der Waals surface area contributed by atoms with Gasteiger partial charge in [-0.2, -0.15) is 5.10 Å². The molecule has 1 saturated heterocycles. The maximum atomic E-state index is 12.9. The van der Waals surface area contributed by atoms with Crippen LogP contribution in [-0.4, -0.2) is 56.5 Å². The Morgan fingerprint density at radius 1 is 1.30 bits per heavy atom. The highest BCUT2D eigenvalue weighted by Gasteiger charge is 2.30. The number of ether oxygens (including phenoxy) is 1. The molecule has 3 aromatic rings. The molecule has 1 aliphatic rings. The molecule has 176 valence electrons. The van der Waals surface area contributed by atoms with Gasteiger partial charge in [0.1, 0.15) is 11.1 Å². The predicted molar refractivity (Wildman–Crippen MR) is 129 cm³/mol. The van der Waals surface area contributed by atoms with Gasteiger partial charge in [-0.05, 0) is 51.3 Å². The van der Waals surface area contributed by atoms with E-state index in [-0.39, 0.29) is 17.6 Å². The lowest BCUT2D eigenvalue weighted by molar-refractivity contribution is 0.0287. The summed E-state index contributed by atoms with van der Waals surface area (Å²) in [6.07, 6.45) is 2.08. The zero-order chi connectivity index (χ0) is 23.9. The van der Waals surface area contributed by atoms with E-state index >= 15 is 0 Å².